The van der Waals surface area contributed by atoms with E-state index in [9.17, 15) is 5.11 Å². The lowest BCUT2D eigenvalue weighted by molar-refractivity contribution is -0.0376. The van der Waals surface area contributed by atoms with Crippen molar-refractivity contribution in [3.63, 3.8) is 0 Å². The van der Waals surface area contributed by atoms with Crippen molar-refractivity contribution in [2.24, 2.45) is 5.73 Å². The fourth-order valence-electron chi connectivity index (χ4n) is 2.07. The van der Waals surface area contributed by atoms with Crippen LogP contribution in [0, 0.1) is 6.92 Å². The van der Waals surface area contributed by atoms with Crippen molar-refractivity contribution in [2.45, 2.75) is 31.8 Å². The van der Waals surface area contributed by atoms with Crippen molar-refractivity contribution < 1.29 is 9.84 Å². The van der Waals surface area contributed by atoms with Gasteiger partial charge in [-0.05, 0) is 37.4 Å². The lowest BCUT2D eigenvalue weighted by Crippen LogP contribution is -2.37. The highest BCUT2D eigenvalue weighted by atomic mass is 16.5. The second kappa shape index (κ2) is 6.74. The minimum absolute atomic E-state index is 0.349. The summed E-state index contributed by atoms with van der Waals surface area (Å²) in [5, 5.41) is 10.5. The summed E-state index contributed by atoms with van der Waals surface area (Å²) in [6, 6.07) is 8.12. The molecule has 0 amide bonds. The van der Waals surface area contributed by atoms with Crippen LogP contribution in [0.5, 0.6) is 0 Å². The molecular formula is C14H23NO2. The molecule has 0 saturated heterocycles. The van der Waals surface area contributed by atoms with Gasteiger partial charge in [0.25, 0.3) is 0 Å². The van der Waals surface area contributed by atoms with Crippen LogP contribution >= 0.6 is 0 Å². The van der Waals surface area contributed by atoms with Gasteiger partial charge in [0.15, 0.2) is 0 Å². The molecule has 0 bridgehead atoms. The molecular weight excluding hydrogens is 214 g/mol. The zero-order valence-electron chi connectivity index (χ0n) is 10.8. The van der Waals surface area contributed by atoms with Gasteiger partial charge in [-0.25, -0.2) is 0 Å². The normalized spacial score (nSPS) is 14.6. The molecule has 0 heterocycles. The average molecular weight is 237 g/mol. The SMILES string of the molecule is COCC(O)(CCCN)Cc1ccccc1C. The van der Waals surface area contributed by atoms with Crippen LogP contribution in [0.3, 0.4) is 0 Å². The number of benzene rings is 1. The molecule has 0 fully saturated rings. The summed E-state index contributed by atoms with van der Waals surface area (Å²) in [4.78, 5) is 0. The van der Waals surface area contributed by atoms with Crippen molar-refractivity contribution in [1.82, 2.24) is 0 Å². The Balaban J connectivity index is 2.75. The van der Waals surface area contributed by atoms with Crippen LogP contribution in [0.4, 0.5) is 0 Å². The van der Waals surface area contributed by atoms with E-state index in [-0.39, 0.29) is 0 Å². The number of rotatable bonds is 7. The van der Waals surface area contributed by atoms with Gasteiger partial charge in [-0.3, -0.25) is 0 Å². The van der Waals surface area contributed by atoms with Gasteiger partial charge in [-0.2, -0.15) is 0 Å². The fourth-order valence-corrected chi connectivity index (χ4v) is 2.07. The number of aryl methyl sites for hydroxylation is 1. The highest BCUT2D eigenvalue weighted by Crippen LogP contribution is 2.21. The Hall–Kier alpha value is -0.900. The minimum Gasteiger partial charge on any atom is -0.387 e. The van der Waals surface area contributed by atoms with Gasteiger partial charge in [-0.1, -0.05) is 24.3 Å². The van der Waals surface area contributed by atoms with Gasteiger partial charge < -0.3 is 15.6 Å². The smallest absolute Gasteiger partial charge is 0.0920 e. The predicted octanol–water partition coefficient (Wildman–Crippen LogP) is 1.65. The Morgan fingerprint density at radius 1 is 1.35 bits per heavy atom. The molecule has 1 rings (SSSR count). The monoisotopic (exact) mass is 237 g/mol. The first-order valence-electron chi connectivity index (χ1n) is 6.07. The molecule has 1 atom stereocenters. The molecule has 1 aromatic carbocycles. The summed E-state index contributed by atoms with van der Waals surface area (Å²) < 4.78 is 5.13. The van der Waals surface area contributed by atoms with Crippen LogP contribution in [0.1, 0.15) is 24.0 Å². The van der Waals surface area contributed by atoms with E-state index in [1.165, 1.54) is 11.1 Å². The molecule has 0 aliphatic carbocycles. The summed E-state index contributed by atoms with van der Waals surface area (Å²) in [6.07, 6.45) is 2.10. The molecule has 3 N–H and O–H groups in total. The Morgan fingerprint density at radius 3 is 2.65 bits per heavy atom. The van der Waals surface area contributed by atoms with Crippen molar-refractivity contribution in [1.29, 1.82) is 0 Å². The molecule has 0 radical (unpaired) electrons. The van der Waals surface area contributed by atoms with Crippen LogP contribution in [-0.2, 0) is 11.2 Å². The fraction of sp³-hybridized carbons (Fsp3) is 0.571. The lowest BCUT2D eigenvalue weighted by Gasteiger charge is -2.28. The topological polar surface area (TPSA) is 55.5 Å². The lowest BCUT2D eigenvalue weighted by atomic mass is 9.89. The van der Waals surface area contributed by atoms with Gasteiger partial charge in [0.05, 0.1) is 12.2 Å². The maximum atomic E-state index is 10.5. The van der Waals surface area contributed by atoms with Gasteiger partial charge in [0, 0.05) is 13.5 Å². The first-order chi connectivity index (χ1) is 8.11. The number of hydrogen-bond acceptors (Lipinski definition) is 3. The summed E-state index contributed by atoms with van der Waals surface area (Å²) in [5.74, 6) is 0. The Labute approximate surface area is 104 Å². The van der Waals surface area contributed by atoms with Gasteiger partial charge in [-0.15, -0.1) is 0 Å². The molecule has 0 aliphatic rings. The van der Waals surface area contributed by atoms with Gasteiger partial charge in [0.1, 0.15) is 0 Å². The van der Waals surface area contributed by atoms with Crippen LogP contribution < -0.4 is 5.73 Å². The van der Waals surface area contributed by atoms with Crippen molar-refractivity contribution in [3.8, 4) is 0 Å². The van der Waals surface area contributed by atoms with E-state index in [0.29, 0.717) is 26.0 Å². The third-order valence-corrected chi connectivity index (χ3v) is 3.04. The summed E-state index contributed by atoms with van der Waals surface area (Å²) >= 11 is 0. The zero-order chi connectivity index (χ0) is 12.7. The maximum Gasteiger partial charge on any atom is 0.0920 e. The van der Waals surface area contributed by atoms with Crippen molar-refractivity contribution in [2.75, 3.05) is 20.3 Å². The molecule has 1 aromatic rings. The molecule has 17 heavy (non-hydrogen) atoms. The highest BCUT2D eigenvalue weighted by Gasteiger charge is 2.27. The van der Waals surface area contributed by atoms with E-state index in [4.69, 9.17) is 10.5 Å². The third kappa shape index (κ3) is 4.46. The molecule has 0 saturated carbocycles. The summed E-state index contributed by atoms with van der Waals surface area (Å²) in [5.41, 5.74) is 7.07. The van der Waals surface area contributed by atoms with E-state index in [2.05, 4.69) is 19.1 Å². The van der Waals surface area contributed by atoms with Crippen LogP contribution in [0.25, 0.3) is 0 Å². The average Bonchev–Trinajstić information content (AvgIpc) is 2.30. The van der Waals surface area contributed by atoms with E-state index < -0.39 is 5.60 Å². The Bertz CT molecular complexity index is 341. The number of hydrogen-bond donors (Lipinski definition) is 2. The van der Waals surface area contributed by atoms with E-state index in [1.807, 2.05) is 12.1 Å². The Morgan fingerprint density at radius 2 is 2.06 bits per heavy atom. The molecule has 1 unspecified atom stereocenters. The molecule has 0 spiro atoms. The molecule has 0 aromatic heterocycles. The molecule has 3 nitrogen and oxygen atoms in total. The van der Waals surface area contributed by atoms with Crippen molar-refractivity contribution in [3.05, 3.63) is 35.4 Å². The summed E-state index contributed by atoms with van der Waals surface area (Å²) in [6.45, 7) is 3.01. The second-order valence-corrected chi connectivity index (χ2v) is 4.65. The maximum absolute atomic E-state index is 10.5. The quantitative estimate of drug-likeness (QED) is 0.758. The second-order valence-electron chi connectivity index (χ2n) is 4.65. The number of aliphatic hydroxyl groups is 1. The standard InChI is InChI=1S/C14H23NO2/c1-12-6-3-4-7-13(12)10-14(16,11-17-2)8-5-9-15/h3-4,6-7,16H,5,8-11,15H2,1-2H3. The van der Waals surface area contributed by atoms with Crippen LogP contribution in [-0.4, -0.2) is 31.0 Å². The number of nitrogens with two attached hydrogens (primary N) is 1. The minimum atomic E-state index is -0.805. The van der Waals surface area contributed by atoms with Crippen molar-refractivity contribution >= 4 is 0 Å². The summed E-state index contributed by atoms with van der Waals surface area (Å²) in [7, 11) is 1.62. The largest absolute Gasteiger partial charge is 0.387 e. The Kier molecular flexibility index (Phi) is 5.62. The molecule has 3 heteroatoms. The number of ether oxygens (including phenoxy) is 1. The van der Waals surface area contributed by atoms with E-state index in [0.717, 1.165) is 6.42 Å². The van der Waals surface area contributed by atoms with Crippen LogP contribution in [0.15, 0.2) is 24.3 Å². The van der Waals surface area contributed by atoms with Gasteiger partial charge in [0.2, 0.25) is 0 Å². The molecule has 0 aliphatic heterocycles. The van der Waals surface area contributed by atoms with E-state index >= 15 is 0 Å². The predicted molar refractivity (Wildman–Crippen MR) is 70.0 cm³/mol. The first-order valence-corrected chi connectivity index (χ1v) is 6.07. The van der Waals surface area contributed by atoms with Gasteiger partial charge >= 0.3 is 0 Å². The van der Waals surface area contributed by atoms with Crippen LogP contribution in [0.2, 0.25) is 0 Å². The zero-order valence-corrected chi connectivity index (χ0v) is 10.8. The first kappa shape index (κ1) is 14.2. The molecule has 96 valence electrons. The third-order valence-electron chi connectivity index (χ3n) is 3.04. The van der Waals surface area contributed by atoms with E-state index in [1.54, 1.807) is 7.11 Å². The number of methoxy groups -OCH3 is 1. The highest BCUT2D eigenvalue weighted by molar-refractivity contribution is 5.27.